The Bertz CT molecular complexity index is 648. The Morgan fingerprint density at radius 3 is 2.84 bits per heavy atom. The fraction of sp³-hybridized carbons (Fsp3) is 0.400. The molecule has 9 heteroatoms. The molecule has 0 radical (unpaired) electrons. The second-order valence-electron chi connectivity index (χ2n) is 4.18. The summed E-state index contributed by atoms with van der Waals surface area (Å²) < 4.78 is 28.1. The van der Waals surface area contributed by atoms with Gasteiger partial charge >= 0.3 is 0 Å². The summed E-state index contributed by atoms with van der Waals surface area (Å²) >= 11 is 1.50. The molecule has 2 aromatic heterocycles. The fourth-order valence-electron chi connectivity index (χ4n) is 1.57. The van der Waals surface area contributed by atoms with E-state index in [2.05, 4.69) is 14.8 Å². The Morgan fingerprint density at radius 1 is 1.58 bits per heavy atom. The van der Waals surface area contributed by atoms with Gasteiger partial charge in [-0.15, -0.1) is 11.3 Å². The van der Waals surface area contributed by atoms with E-state index in [9.17, 15) is 8.42 Å². The van der Waals surface area contributed by atoms with Crippen molar-refractivity contribution in [2.24, 2.45) is 7.05 Å². The van der Waals surface area contributed by atoms with Crippen molar-refractivity contribution in [3.05, 3.63) is 22.8 Å². The van der Waals surface area contributed by atoms with Gasteiger partial charge in [0.1, 0.15) is 4.90 Å². The third-order valence-electron chi connectivity index (χ3n) is 2.56. The van der Waals surface area contributed by atoms with Gasteiger partial charge in [0.2, 0.25) is 10.0 Å². The Hall–Kier alpha value is -1.45. The van der Waals surface area contributed by atoms with E-state index in [1.165, 1.54) is 22.2 Å². The normalized spacial score (nSPS) is 13.6. The monoisotopic (exact) mass is 301 g/mol. The number of nitrogens with two attached hydrogens (primary N) is 1. The lowest BCUT2D eigenvalue weighted by Crippen LogP contribution is -2.28. The number of hydrogen-bond acceptors (Lipinski definition) is 6. The molecule has 0 bridgehead atoms. The van der Waals surface area contributed by atoms with Crippen LogP contribution < -0.4 is 10.5 Å². The summed E-state index contributed by atoms with van der Waals surface area (Å²) in [4.78, 5) is 4.16. The van der Waals surface area contributed by atoms with Crippen LogP contribution in [-0.2, 0) is 17.1 Å². The molecule has 2 rings (SSSR count). The molecule has 0 amide bonds. The van der Waals surface area contributed by atoms with Gasteiger partial charge in [0.25, 0.3) is 0 Å². The molecule has 1 atom stereocenters. The van der Waals surface area contributed by atoms with Crippen molar-refractivity contribution < 1.29 is 8.42 Å². The van der Waals surface area contributed by atoms with Crippen molar-refractivity contribution in [3.63, 3.8) is 0 Å². The fourth-order valence-corrected chi connectivity index (χ4v) is 3.50. The number of thiazole rings is 1. The van der Waals surface area contributed by atoms with Crippen molar-refractivity contribution in [1.82, 2.24) is 19.5 Å². The van der Waals surface area contributed by atoms with E-state index >= 15 is 0 Å². The molecular weight excluding hydrogens is 286 g/mol. The Balaban J connectivity index is 2.08. The van der Waals surface area contributed by atoms with Gasteiger partial charge in [-0.3, -0.25) is 4.68 Å². The van der Waals surface area contributed by atoms with Gasteiger partial charge in [-0.05, 0) is 0 Å². The summed E-state index contributed by atoms with van der Waals surface area (Å²) in [5.74, 6) is 0.00423. The molecule has 2 aromatic rings. The Labute approximate surface area is 115 Å². The summed E-state index contributed by atoms with van der Waals surface area (Å²) in [6.07, 6.45) is 3.08. The maximum atomic E-state index is 12.1. The van der Waals surface area contributed by atoms with Crippen LogP contribution in [0.1, 0.15) is 17.8 Å². The minimum Gasteiger partial charge on any atom is -0.381 e. The quantitative estimate of drug-likeness (QED) is 0.839. The zero-order valence-corrected chi connectivity index (χ0v) is 12.2. The Morgan fingerprint density at radius 2 is 2.32 bits per heavy atom. The molecular formula is C10H15N5O2S2. The number of sulfonamides is 1. The van der Waals surface area contributed by atoms with Crippen LogP contribution in [-0.4, -0.2) is 29.7 Å². The lowest BCUT2D eigenvalue weighted by molar-refractivity contribution is 0.575. The molecule has 19 heavy (non-hydrogen) atoms. The van der Waals surface area contributed by atoms with E-state index in [1.54, 1.807) is 13.2 Å². The van der Waals surface area contributed by atoms with Crippen LogP contribution in [0, 0.1) is 0 Å². The maximum absolute atomic E-state index is 12.1. The summed E-state index contributed by atoms with van der Waals surface area (Å²) in [5, 5.41) is 6.57. The smallest absolute Gasteiger partial charge is 0.245 e. The Kier molecular flexibility index (Phi) is 3.88. The highest BCUT2D eigenvalue weighted by atomic mass is 32.2. The molecule has 0 fully saturated rings. The number of nitrogen functional groups attached to an aromatic ring is 1. The van der Waals surface area contributed by atoms with Crippen molar-refractivity contribution >= 4 is 27.2 Å². The molecule has 1 unspecified atom stereocenters. The molecule has 7 nitrogen and oxygen atoms in total. The maximum Gasteiger partial charge on any atom is 0.245 e. The molecule has 0 saturated carbocycles. The lowest BCUT2D eigenvalue weighted by Gasteiger charge is -2.09. The van der Waals surface area contributed by atoms with Gasteiger partial charge in [0.05, 0.1) is 5.01 Å². The van der Waals surface area contributed by atoms with Crippen molar-refractivity contribution in [1.29, 1.82) is 0 Å². The second-order valence-corrected chi connectivity index (χ2v) is 6.84. The SMILES string of the molecule is CC(CNS(=O)(=O)c1cn(C)nc1N)c1nccs1. The van der Waals surface area contributed by atoms with Gasteiger partial charge in [0.15, 0.2) is 5.82 Å². The number of aromatic nitrogens is 3. The van der Waals surface area contributed by atoms with E-state index < -0.39 is 10.0 Å². The summed E-state index contributed by atoms with van der Waals surface area (Å²) in [7, 11) is -2.02. The molecule has 0 aliphatic carbocycles. The highest BCUT2D eigenvalue weighted by Gasteiger charge is 2.21. The first-order valence-corrected chi connectivity index (χ1v) is 7.94. The number of anilines is 1. The highest BCUT2D eigenvalue weighted by molar-refractivity contribution is 7.89. The van der Waals surface area contributed by atoms with Crippen molar-refractivity contribution in [2.45, 2.75) is 17.7 Å². The summed E-state index contributed by atoms with van der Waals surface area (Å²) in [6.45, 7) is 2.18. The molecule has 0 aliphatic rings. The van der Waals surface area contributed by atoms with E-state index in [1.807, 2.05) is 12.3 Å². The van der Waals surface area contributed by atoms with E-state index in [0.29, 0.717) is 0 Å². The number of nitrogens with zero attached hydrogens (tertiary/aromatic N) is 3. The average Bonchev–Trinajstić information content (AvgIpc) is 2.96. The van der Waals surface area contributed by atoms with Crippen LogP contribution in [0.25, 0.3) is 0 Å². The van der Waals surface area contributed by atoms with Crippen LogP contribution in [0.4, 0.5) is 5.82 Å². The zero-order chi connectivity index (χ0) is 14.0. The van der Waals surface area contributed by atoms with Crippen LogP contribution >= 0.6 is 11.3 Å². The first kappa shape index (κ1) is 14.0. The molecule has 104 valence electrons. The van der Waals surface area contributed by atoms with Gasteiger partial charge in [-0.2, -0.15) is 5.10 Å². The number of nitrogens with one attached hydrogen (secondary N) is 1. The van der Waals surface area contributed by atoms with Crippen molar-refractivity contribution in [2.75, 3.05) is 12.3 Å². The predicted molar refractivity (Wildman–Crippen MR) is 73.3 cm³/mol. The first-order valence-electron chi connectivity index (χ1n) is 5.58. The largest absolute Gasteiger partial charge is 0.381 e. The average molecular weight is 301 g/mol. The first-order chi connectivity index (χ1) is 8.90. The molecule has 0 saturated heterocycles. The summed E-state index contributed by atoms with van der Waals surface area (Å²) in [6, 6.07) is 0. The molecule has 3 N–H and O–H groups in total. The number of aryl methyl sites for hydroxylation is 1. The lowest BCUT2D eigenvalue weighted by atomic mass is 10.2. The standard InChI is InChI=1S/C10H15N5O2S2/c1-7(10-12-3-4-18-10)5-13-19(16,17)8-6-15(2)14-9(8)11/h3-4,6-7,13H,5H2,1-2H3,(H2,11,14). The molecule has 0 aromatic carbocycles. The van der Waals surface area contributed by atoms with Gasteiger partial charge in [-0.25, -0.2) is 18.1 Å². The minimum absolute atomic E-state index is 0.00124. The van der Waals surface area contributed by atoms with E-state index in [-0.39, 0.29) is 23.2 Å². The van der Waals surface area contributed by atoms with Gasteiger partial charge in [-0.1, -0.05) is 6.92 Å². The number of rotatable bonds is 5. The third kappa shape index (κ3) is 3.11. The third-order valence-corrected chi connectivity index (χ3v) is 5.01. The zero-order valence-electron chi connectivity index (χ0n) is 10.6. The second kappa shape index (κ2) is 5.27. The summed E-state index contributed by atoms with van der Waals surface area (Å²) in [5.41, 5.74) is 5.57. The number of hydrogen-bond donors (Lipinski definition) is 2. The van der Waals surface area contributed by atoms with Crippen LogP contribution in [0.5, 0.6) is 0 Å². The van der Waals surface area contributed by atoms with Crippen LogP contribution in [0.2, 0.25) is 0 Å². The molecule has 2 heterocycles. The highest BCUT2D eigenvalue weighted by Crippen LogP contribution is 2.19. The van der Waals surface area contributed by atoms with E-state index in [4.69, 9.17) is 5.73 Å². The van der Waals surface area contributed by atoms with E-state index in [0.717, 1.165) is 5.01 Å². The topological polar surface area (TPSA) is 103 Å². The van der Waals surface area contributed by atoms with Gasteiger partial charge in [0, 0.05) is 37.3 Å². The molecule has 0 spiro atoms. The molecule has 0 aliphatic heterocycles. The van der Waals surface area contributed by atoms with Crippen LogP contribution in [0.3, 0.4) is 0 Å². The van der Waals surface area contributed by atoms with Crippen molar-refractivity contribution in [3.8, 4) is 0 Å². The van der Waals surface area contributed by atoms with Gasteiger partial charge < -0.3 is 5.73 Å². The predicted octanol–water partition coefficient (Wildman–Crippen LogP) is 0.541. The minimum atomic E-state index is -3.64. The van der Waals surface area contributed by atoms with Crippen LogP contribution in [0.15, 0.2) is 22.7 Å².